The van der Waals surface area contributed by atoms with Crippen molar-refractivity contribution in [2.24, 2.45) is 0 Å². The molecule has 0 unspecified atom stereocenters. The first-order chi connectivity index (χ1) is 16.6. The molecule has 0 fully saturated rings. The fraction of sp³-hybridized carbons (Fsp3) is 0.200. The van der Waals surface area contributed by atoms with Gasteiger partial charge in [0.05, 0.1) is 11.7 Å². The average Bonchev–Trinajstić information content (AvgIpc) is 2.88. The molecule has 0 radical (unpaired) electrons. The van der Waals surface area contributed by atoms with E-state index in [9.17, 15) is 9.59 Å². The zero-order valence-electron chi connectivity index (χ0n) is 18.7. The molecule has 1 atom stereocenters. The molecular weight excluding hydrogens is 430 g/mol. The molecule has 4 aromatic rings. The third-order valence-corrected chi connectivity index (χ3v) is 5.26. The minimum Gasteiger partial charge on any atom is -0.352 e. The van der Waals surface area contributed by atoms with Gasteiger partial charge in [0.2, 0.25) is 5.95 Å². The molecule has 0 aliphatic carbocycles. The number of nitrogens with zero attached hydrogens (tertiary/aromatic N) is 4. The number of carbonyl (C=O) groups is 1. The first-order valence-electron chi connectivity index (χ1n) is 11.0. The van der Waals surface area contributed by atoms with Crippen LogP contribution in [0.3, 0.4) is 0 Å². The minimum absolute atomic E-state index is 0.00649. The summed E-state index contributed by atoms with van der Waals surface area (Å²) >= 11 is 0. The molecule has 4 rings (SSSR count). The molecule has 0 bridgehead atoms. The van der Waals surface area contributed by atoms with Crippen molar-refractivity contribution in [3.05, 3.63) is 100 Å². The lowest BCUT2D eigenvalue weighted by Gasteiger charge is -2.14. The van der Waals surface area contributed by atoms with E-state index >= 15 is 0 Å². The number of H-pyrrole nitrogens is 1. The molecule has 3 heterocycles. The van der Waals surface area contributed by atoms with Crippen LogP contribution in [-0.2, 0) is 6.42 Å². The van der Waals surface area contributed by atoms with E-state index in [-0.39, 0.29) is 11.6 Å². The highest BCUT2D eigenvalue weighted by Crippen LogP contribution is 2.19. The van der Waals surface area contributed by atoms with Crippen LogP contribution in [0.1, 0.15) is 40.9 Å². The quantitative estimate of drug-likeness (QED) is 0.331. The van der Waals surface area contributed by atoms with E-state index in [1.165, 1.54) is 6.07 Å². The highest BCUT2D eigenvalue weighted by atomic mass is 16.2. The topological polar surface area (TPSA) is 126 Å². The second-order valence-corrected chi connectivity index (χ2v) is 7.76. The van der Waals surface area contributed by atoms with Crippen LogP contribution < -0.4 is 16.2 Å². The third-order valence-electron chi connectivity index (χ3n) is 5.26. The lowest BCUT2D eigenvalue weighted by molar-refractivity contribution is 0.0951. The fourth-order valence-corrected chi connectivity index (χ4v) is 3.43. The standard InChI is InChI=1S/C25H25N7O2/c1-17(19-9-3-2-4-10-19)29-25-28-14-11-21(30-25)22-15-20(24(34)32-31-22)23(33)27-13-6-8-18-7-5-12-26-16-18/h2-5,7,9-12,14-17H,6,8,13H2,1H3,(H,27,33)(H,32,34)(H,28,29,30)/t17-/m1/s1. The van der Waals surface area contributed by atoms with Crippen LogP contribution in [0, 0.1) is 0 Å². The summed E-state index contributed by atoms with van der Waals surface area (Å²) in [6, 6.07) is 16.9. The van der Waals surface area contributed by atoms with Crippen molar-refractivity contribution in [2.45, 2.75) is 25.8 Å². The molecule has 1 aromatic carbocycles. The molecule has 3 N–H and O–H groups in total. The average molecular weight is 456 g/mol. The summed E-state index contributed by atoms with van der Waals surface area (Å²) < 4.78 is 0. The normalized spacial score (nSPS) is 11.6. The number of aromatic amines is 1. The van der Waals surface area contributed by atoms with Gasteiger partial charge in [0.15, 0.2) is 0 Å². The lowest BCUT2D eigenvalue weighted by atomic mass is 10.1. The monoisotopic (exact) mass is 455 g/mol. The Kier molecular flexibility index (Phi) is 7.34. The summed E-state index contributed by atoms with van der Waals surface area (Å²) in [6.45, 7) is 2.45. The zero-order valence-corrected chi connectivity index (χ0v) is 18.7. The molecule has 34 heavy (non-hydrogen) atoms. The Bertz CT molecular complexity index is 1290. The smallest absolute Gasteiger partial charge is 0.277 e. The maximum absolute atomic E-state index is 12.6. The Labute approximate surface area is 196 Å². The Morgan fingerprint density at radius 2 is 1.91 bits per heavy atom. The van der Waals surface area contributed by atoms with E-state index in [1.807, 2.05) is 49.4 Å². The molecule has 0 aliphatic rings. The number of pyridine rings is 1. The summed E-state index contributed by atoms with van der Waals surface area (Å²) in [5, 5.41) is 12.5. The van der Waals surface area contributed by atoms with Crippen molar-refractivity contribution in [1.29, 1.82) is 0 Å². The molecule has 172 valence electrons. The van der Waals surface area contributed by atoms with Gasteiger partial charge in [0, 0.05) is 25.1 Å². The van der Waals surface area contributed by atoms with Crippen LogP contribution >= 0.6 is 0 Å². The van der Waals surface area contributed by atoms with E-state index in [4.69, 9.17) is 0 Å². The van der Waals surface area contributed by atoms with Crippen LogP contribution in [0.5, 0.6) is 0 Å². The second-order valence-electron chi connectivity index (χ2n) is 7.76. The van der Waals surface area contributed by atoms with Gasteiger partial charge in [-0.05, 0) is 49.1 Å². The summed E-state index contributed by atoms with van der Waals surface area (Å²) in [4.78, 5) is 37.7. The number of benzene rings is 1. The summed E-state index contributed by atoms with van der Waals surface area (Å²) in [7, 11) is 0. The van der Waals surface area contributed by atoms with Crippen LogP contribution in [-0.4, -0.2) is 37.6 Å². The first kappa shape index (κ1) is 22.8. The highest BCUT2D eigenvalue weighted by Gasteiger charge is 2.14. The van der Waals surface area contributed by atoms with Crippen molar-refractivity contribution in [3.63, 3.8) is 0 Å². The van der Waals surface area contributed by atoms with Crippen molar-refractivity contribution >= 4 is 11.9 Å². The van der Waals surface area contributed by atoms with Crippen LogP contribution in [0.2, 0.25) is 0 Å². The number of carbonyl (C=O) groups excluding carboxylic acids is 1. The van der Waals surface area contributed by atoms with Gasteiger partial charge in [-0.1, -0.05) is 36.4 Å². The molecule has 0 spiro atoms. The molecule has 9 heteroatoms. The number of nitrogens with one attached hydrogen (secondary N) is 3. The largest absolute Gasteiger partial charge is 0.352 e. The van der Waals surface area contributed by atoms with Gasteiger partial charge in [-0.15, -0.1) is 0 Å². The van der Waals surface area contributed by atoms with Crippen LogP contribution in [0.25, 0.3) is 11.4 Å². The molecule has 9 nitrogen and oxygen atoms in total. The number of hydrogen-bond acceptors (Lipinski definition) is 7. The van der Waals surface area contributed by atoms with Gasteiger partial charge in [-0.25, -0.2) is 15.1 Å². The van der Waals surface area contributed by atoms with E-state index < -0.39 is 11.5 Å². The zero-order chi connectivity index (χ0) is 23.8. The van der Waals surface area contributed by atoms with Gasteiger partial charge in [-0.3, -0.25) is 14.6 Å². The SMILES string of the molecule is C[C@@H](Nc1nccc(-c2cc(C(=O)NCCCc3cccnc3)c(=O)[nH]n2)n1)c1ccccc1. The lowest BCUT2D eigenvalue weighted by Crippen LogP contribution is -2.31. The summed E-state index contributed by atoms with van der Waals surface area (Å²) in [6.07, 6.45) is 6.64. The number of anilines is 1. The van der Waals surface area contributed by atoms with Gasteiger partial charge >= 0.3 is 0 Å². The molecule has 1 amide bonds. The van der Waals surface area contributed by atoms with E-state index in [0.29, 0.717) is 23.9 Å². The van der Waals surface area contributed by atoms with E-state index in [1.54, 1.807) is 24.7 Å². The van der Waals surface area contributed by atoms with Gasteiger partial charge in [0.25, 0.3) is 11.5 Å². The second kappa shape index (κ2) is 11.0. The Hall–Kier alpha value is -4.40. The van der Waals surface area contributed by atoms with Crippen molar-refractivity contribution < 1.29 is 4.79 Å². The molecule has 0 saturated carbocycles. The molecule has 0 saturated heterocycles. The number of hydrogen-bond donors (Lipinski definition) is 3. The maximum atomic E-state index is 12.6. The Balaban J connectivity index is 1.42. The van der Waals surface area contributed by atoms with Gasteiger partial charge in [-0.2, -0.15) is 5.10 Å². The number of aromatic nitrogens is 5. The highest BCUT2D eigenvalue weighted by molar-refractivity contribution is 5.94. The van der Waals surface area contributed by atoms with E-state index in [2.05, 4.69) is 35.8 Å². The van der Waals surface area contributed by atoms with Crippen LogP contribution in [0.4, 0.5) is 5.95 Å². The Morgan fingerprint density at radius 3 is 2.71 bits per heavy atom. The van der Waals surface area contributed by atoms with Crippen molar-refractivity contribution in [1.82, 2.24) is 30.5 Å². The van der Waals surface area contributed by atoms with Crippen molar-refractivity contribution in [3.8, 4) is 11.4 Å². The van der Waals surface area contributed by atoms with Crippen molar-refractivity contribution in [2.75, 3.05) is 11.9 Å². The predicted molar refractivity (Wildman–Crippen MR) is 129 cm³/mol. The third kappa shape index (κ3) is 5.89. The number of rotatable bonds is 9. The van der Waals surface area contributed by atoms with Gasteiger partial charge < -0.3 is 10.6 Å². The number of aryl methyl sites for hydroxylation is 1. The van der Waals surface area contributed by atoms with Gasteiger partial charge in [0.1, 0.15) is 11.3 Å². The first-order valence-corrected chi connectivity index (χ1v) is 11.0. The maximum Gasteiger partial charge on any atom is 0.277 e. The Morgan fingerprint density at radius 1 is 1.06 bits per heavy atom. The molecule has 3 aromatic heterocycles. The fourth-order valence-electron chi connectivity index (χ4n) is 3.43. The van der Waals surface area contributed by atoms with Crippen LogP contribution in [0.15, 0.2) is 78.0 Å². The van der Waals surface area contributed by atoms with E-state index in [0.717, 1.165) is 24.0 Å². The molecular formula is C25H25N7O2. The minimum atomic E-state index is -0.557. The summed E-state index contributed by atoms with van der Waals surface area (Å²) in [5.41, 5.74) is 2.48. The molecule has 0 aliphatic heterocycles. The predicted octanol–water partition coefficient (Wildman–Crippen LogP) is 3.16. The number of amides is 1. The summed E-state index contributed by atoms with van der Waals surface area (Å²) in [5.74, 6) is -0.0375.